The van der Waals surface area contributed by atoms with Crippen LogP contribution in [0.3, 0.4) is 0 Å². The first-order valence-corrected chi connectivity index (χ1v) is 12.1. The molecule has 1 aromatic carbocycles. The van der Waals surface area contributed by atoms with Gasteiger partial charge in [0.05, 0.1) is 31.7 Å². The number of hydrazine groups is 1. The molecule has 2 heterocycles. The maximum Gasteiger partial charge on any atom is 0.389 e. The lowest BCUT2D eigenvalue weighted by molar-refractivity contribution is -0.129. The molecule has 1 unspecified atom stereocenters. The van der Waals surface area contributed by atoms with E-state index in [4.69, 9.17) is 16.0 Å². The average molecular weight is 527 g/mol. The summed E-state index contributed by atoms with van der Waals surface area (Å²) in [6.07, 6.45) is -4.43. The van der Waals surface area contributed by atoms with E-state index in [0.717, 1.165) is 28.1 Å². The highest BCUT2D eigenvalue weighted by Crippen LogP contribution is 2.32. The largest absolute Gasteiger partial charge is 0.496 e. The fourth-order valence-corrected chi connectivity index (χ4v) is 4.60. The molecule has 1 amide bonds. The average Bonchev–Trinajstić information content (AvgIpc) is 2.85. The van der Waals surface area contributed by atoms with Gasteiger partial charge in [0.25, 0.3) is 5.91 Å². The molecule has 0 aliphatic carbocycles. The number of nitrogens with two attached hydrogens (primary N) is 1. The predicted octanol–water partition coefficient (Wildman–Crippen LogP) is 3.18. The third kappa shape index (κ3) is 7.09. The zero-order valence-electron chi connectivity index (χ0n) is 19.9. The van der Waals surface area contributed by atoms with Gasteiger partial charge in [0, 0.05) is 18.8 Å². The van der Waals surface area contributed by atoms with Crippen LogP contribution in [-0.2, 0) is 13.0 Å². The number of aliphatic hydroxyl groups is 1. The fraction of sp³-hybridized carbons (Fsp3) is 0.435. The second kappa shape index (κ2) is 11.9. The Balaban J connectivity index is 1.75. The van der Waals surface area contributed by atoms with Gasteiger partial charge in [0.2, 0.25) is 0 Å². The van der Waals surface area contributed by atoms with E-state index in [-0.39, 0.29) is 35.3 Å². The molecule has 9 nitrogen and oxygen atoms in total. The molecule has 0 saturated carbocycles. The zero-order valence-corrected chi connectivity index (χ0v) is 20.7. The second-order valence-corrected chi connectivity index (χ2v) is 9.47. The van der Waals surface area contributed by atoms with Crippen molar-refractivity contribution in [3.8, 4) is 5.75 Å². The molecule has 36 heavy (non-hydrogen) atoms. The summed E-state index contributed by atoms with van der Waals surface area (Å²) >= 11 is 1.15. The SMILES string of the molecule is COc1cc2c(cc1C(=O)Nc1cccc(C(=N)N(N)C(C)CO)n1)CN(SCCC(F)(F)F)CC2. The summed E-state index contributed by atoms with van der Waals surface area (Å²) in [7, 11) is 1.46. The Kier molecular flexibility index (Phi) is 9.17. The number of carbonyl (C=O) groups is 1. The number of methoxy groups -OCH3 is 1. The van der Waals surface area contributed by atoms with Gasteiger partial charge in [0.15, 0.2) is 5.84 Å². The first-order valence-electron chi connectivity index (χ1n) is 11.2. The van der Waals surface area contributed by atoms with E-state index in [9.17, 15) is 23.1 Å². The van der Waals surface area contributed by atoms with Crippen LogP contribution in [0.25, 0.3) is 0 Å². The number of alkyl halides is 3. The van der Waals surface area contributed by atoms with E-state index in [2.05, 4.69) is 10.3 Å². The van der Waals surface area contributed by atoms with Gasteiger partial charge in [-0.1, -0.05) is 18.0 Å². The van der Waals surface area contributed by atoms with E-state index in [1.165, 1.54) is 7.11 Å². The Labute approximate surface area is 211 Å². The van der Waals surface area contributed by atoms with E-state index in [1.54, 1.807) is 37.3 Å². The third-order valence-electron chi connectivity index (χ3n) is 5.63. The number of amidine groups is 1. The molecule has 1 aromatic heterocycles. The van der Waals surface area contributed by atoms with Crippen LogP contribution in [0.15, 0.2) is 30.3 Å². The molecule has 5 N–H and O–H groups in total. The van der Waals surface area contributed by atoms with Gasteiger partial charge in [0.1, 0.15) is 17.3 Å². The van der Waals surface area contributed by atoms with Gasteiger partial charge in [-0.3, -0.25) is 15.2 Å². The number of carbonyl (C=O) groups excluding carboxylic acids is 1. The van der Waals surface area contributed by atoms with Crippen LogP contribution in [0.4, 0.5) is 19.0 Å². The van der Waals surface area contributed by atoms with Crippen molar-refractivity contribution >= 4 is 29.5 Å². The minimum atomic E-state index is -4.19. The molecule has 0 fully saturated rings. The Morgan fingerprint density at radius 2 is 2.14 bits per heavy atom. The maximum atomic E-state index is 13.1. The number of ether oxygens (including phenoxy) is 1. The molecule has 1 aliphatic rings. The number of hydrogen-bond acceptors (Lipinski definition) is 8. The Bertz CT molecular complexity index is 1100. The first kappa shape index (κ1) is 27.7. The lowest BCUT2D eigenvalue weighted by Gasteiger charge is -2.28. The highest BCUT2D eigenvalue weighted by Gasteiger charge is 2.28. The molecule has 0 saturated heterocycles. The van der Waals surface area contributed by atoms with Crippen LogP contribution in [-0.4, -0.2) is 69.4 Å². The van der Waals surface area contributed by atoms with Crippen molar-refractivity contribution in [2.45, 2.75) is 38.5 Å². The second-order valence-electron chi connectivity index (χ2n) is 8.28. The van der Waals surface area contributed by atoms with Gasteiger partial charge in [-0.2, -0.15) is 13.2 Å². The summed E-state index contributed by atoms with van der Waals surface area (Å²) in [5.41, 5.74) is 2.28. The summed E-state index contributed by atoms with van der Waals surface area (Å²) in [5, 5.41) is 21.3. The standard InChI is InChI=1S/C23H29F3N6O3S/c1-14(13-33)32(28)21(27)18-4-3-5-20(29-18)30-22(34)17-10-16-12-31(36-9-7-23(24,25)26)8-6-15(16)11-19(17)35-2/h3-5,10-11,14,27,33H,6-9,12-13,28H2,1-2H3,(H,29,30,34). The molecule has 13 heteroatoms. The van der Waals surface area contributed by atoms with Crippen LogP contribution >= 0.6 is 11.9 Å². The number of rotatable bonds is 9. The van der Waals surface area contributed by atoms with Crippen LogP contribution in [0, 0.1) is 5.41 Å². The number of nitrogens with zero attached hydrogens (tertiary/aromatic N) is 3. The number of halogens is 3. The normalized spacial score (nSPS) is 14.6. The van der Waals surface area contributed by atoms with Crippen molar-refractivity contribution in [3.05, 3.63) is 52.7 Å². The maximum absolute atomic E-state index is 13.1. The number of anilines is 1. The number of nitrogens with one attached hydrogen (secondary N) is 2. The number of aromatic nitrogens is 1. The van der Waals surface area contributed by atoms with Crippen LogP contribution in [0.2, 0.25) is 0 Å². The lowest BCUT2D eigenvalue weighted by atomic mass is 9.97. The van der Waals surface area contributed by atoms with Gasteiger partial charge in [-0.05, 0) is 48.7 Å². The molecule has 0 spiro atoms. The topological polar surface area (TPSA) is 128 Å². The molecular formula is C23H29F3N6O3S. The molecule has 3 rings (SSSR count). The highest BCUT2D eigenvalue weighted by molar-refractivity contribution is 7.96. The summed E-state index contributed by atoms with van der Waals surface area (Å²) in [5.74, 6) is 5.75. The van der Waals surface area contributed by atoms with E-state index >= 15 is 0 Å². The number of aliphatic hydroxyl groups excluding tert-OH is 1. The molecule has 1 atom stereocenters. The zero-order chi connectivity index (χ0) is 26.5. The van der Waals surface area contributed by atoms with Crippen molar-refractivity contribution < 1.29 is 27.8 Å². The van der Waals surface area contributed by atoms with Crippen LogP contribution < -0.4 is 15.9 Å². The van der Waals surface area contributed by atoms with Crippen molar-refractivity contribution in [1.29, 1.82) is 5.41 Å². The Hall–Kier alpha value is -2.87. The van der Waals surface area contributed by atoms with Crippen LogP contribution in [0.5, 0.6) is 5.75 Å². The Morgan fingerprint density at radius 3 is 2.81 bits per heavy atom. The smallest absolute Gasteiger partial charge is 0.389 e. The Morgan fingerprint density at radius 1 is 1.39 bits per heavy atom. The number of amides is 1. The van der Waals surface area contributed by atoms with Gasteiger partial charge in [-0.25, -0.2) is 15.1 Å². The minimum absolute atomic E-state index is 0.0589. The monoisotopic (exact) mass is 526 g/mol. The summed E-state index contributed by atoms with van der Waals surface area (Å²) in [4.78, 5) is 17.4. The summed E-state index contributed by atoms with van der Waals surface area (Å²) in [6, 6.07) is 7.72. The third-order valence-corrected chi connectivity index (χ3v) is 6.70. The predicted molar refractivity (Wildman–Crippen MR) is 132 cm³/mol. The highest BCUT2D eigenvalue weighted by atomic mass is 32.2. The van der Waals surface area contributed by atoms with Gasteiger partial charge in [-0.15, -0.1) is 0 Å². The molecule has 196 valence electrons. The van der Waals surface area contributed by atoms with E-state index < -0.39 is 24.5 Å². The van der Waals surface area contributed by atoms with Crippen molar-refractivity contribution in [2.24, 2.45) is 5.84 Å². The van der Waals surface area contributed by atoms with Crippen molar-refractivity contribution in [2.75, 3.05) is 31.3 Å². The van der Waals surface area contributed by atoms with Crippen molar-refractivity contribution in [3.63, 3.8) is 0 Å². The summed E-state index contributed by atoms with van der Waals surface area (Å²) < 4.78 is 44.8. The van der Waals surface area contributed by atoms with E-state index in [0.29, 0.717) is 25.3 Å². The molecule has 2 aromatic rings. The number of benzene rings is 1. The van der Waals surface area contributed by atoms with Gasteiger partial charge >= 0.3 is 6.18 Å². The van der Waals surface area contributed by atoms with Crippen molar-refractivity contribution in [1.82, 2.24) is 14.3 Å². The first-order chi connectivity index (χ1) is 17.0. The molecule has 1 aliphatic heterocycles. The molecular weight excluding hydrogens is 497 g/mol. The molecule has 0 bridgehead atoms. The molecule has 0 radical (unpaired) electrons. The summed E-state index contributed by atoms with van der Waals surface area (Å²) in [6.45, 7) is 2.41. The number of fused-ring (bicyclic) bond motifs is 1. The quantitative estimate of drug-likeness (QED) is 0.129. The van der Waals surface area contributed by atoms with Gasteiger partial charge < -0.3 is 15.2 Å². The minimum Gasteiger partial charge on any atom is -0.496 e. The number of pyridine rings is 1. The fourth-order valence-electron chi connectivity index (χ4n) is 3.57. The van der Waals surface area contributed by atoms with E-state index in [1.807, 2.05) is 4.31 Å². The van der Waals surface area contributed by atoms with Crippen LogP contribution in [0.1, 0.15) is 40.5 Å². The lowest BCUT2D eigenvalue weighted by Crippen LogP contribution is -2.46. The number of hydrogen-bond donors (Lipinski definition) is 4.